The van der Waals surface area contributed by atoms with Gasteiger partial charge in [0.15, 0.2) is 0 Å². The number of para-hydroxylation sites is 1. The first-order valence-corrected chi connectivity index (χ1v) is 8.63. The highest BCUT2D eigenvalue weighted by molar-refractivity contribution is 6.05. The van der Waals surface area contributed by atoms with Crippen LogP contribution in [0.2, 0.25) is 0 Å². The molecule has 0 saturated heterocycles. The van der Waals surface area contributed by atoms with Crippen molar-refractivity contribution in [2.75, 3.05) is 16.8 Å². The molecule has 0 aliphatic heterocycles. The van der Waals surface area contributed by atoms with Gasteiger partial charge in [0.05, 0.1) is 0 Å². The van der Waals surface area contributed by atoms with Gasteiger partial charge < -0.3 is 10.2 Å². The lowest BCUT2D eigenvalue weighted by molar-refractivity contribution is 0.0983. The number of benzene rings is 2. The van der Waals surface area contributed by atoms with Crippen molar-refractivity contribution in [1.29, 1.82) is 0 Å². The first-order chi connectivity index (χ1) is 12.6. The summed E-state index contributed by atoms with van der Waals surface area (Å²) < 4.78 is 0. The third-order valence-electron chi connectivity index (χ3n) is 3.98. The van der Waals surface area contributed by atoms with Crippen LogP contribution in [0.25, 0.3) is 0 Å². The Morgan fingerprint density at radius 1 is 1.00 bits per heavy atom. The zero-order valence-corrected chi connectivity index (χ0v) is 15.2. The molecule has 0 fully saturated rings. The fraction of sp³-hybridized carbons (Fsp3) is 0.190. The third kappa shape index (κ3) is 4.06. The number of aryl methyl sites for hydroxylation is 2. The van der Waals surface area contributed by atoms with Crippen molar-refractivity contribution in [3.05, 3.63) is 77.7 Å². The Hall–Kier alpha value is -3.21. The molecule has 0 bridgehead atoms. The second-order valence-electron chi connectivity index (χ2n) is 6.07. The van der Waals surface area contributed by atoms with Crippen molar-refractivity contribution in [3.63, 3.8) is 0 Å². The topological polar surface area (TPSA) is 58.1 Å². The summed E-state index contributed by atoms with van der Waals surface area (Å²) in [4.78, 5) is 23.5. The van der Waals surface area contributed by atoms with Crippen LogP contribution in [0, 0.1) is 13.8 Å². The molecule has 0 unspecified atom stereocenters. The molecular weight excluding hydrogens is 324 g/mol. The number of rotatable bonds is 5. The zero-order chi connectivity index (χ0) is 18.5. The Bertz CT molecular complexity index is 909. The van der Waals surface area contributed by atoms with Gasteiger partial charge in [-0.1, -0.05) is 30.3 Å². The number of carbonyl (C=O) groups is 1. The van der Waals surface area contributed by atoms with E-state index in [1.165, 1.54) is 0 Å². The number of nitrogens with one attached hydrogen (secondary N) is 1. The fourth-order valence-corrected chi connectivity index (χ4v) is 2.80. The summed E-state index contributed by atoms with van der Waals surface area (Å²) >= 11 is 0. The van der Waals surface area contributed by atoms with E-state index < -0.39 is 0 Å². The standard InChI is InChI=1S/C21H22N4O/c1-4-25(18-11-6-5-7-12-18)21(26)19-14-20(23-16(3)22-19)24-17-10-8-9-15(2)13-17/h5-14H,4H2,1-3H3,(H,22,23,24). The van der Waals surface area contributed by atoms with E-state index in [1.54, 1.807) is 17.9 Å². The van der Waals surface area contributed by atoms with Gasteiger partial charge in [0, 0.05) is 24.0 Å². The van der Waals surface area contributed by atoms with E-state index in [2.05, 4.69) is 15.3 Å². The van der Waals surface area contributed by atoms with Crippen molar-refractivity contribution in [3.8, 4) is 0 Å². The monoisotopic (exact) mass is 346 g/mol. The highest BCUT2D eigenvalue weighted by atomic mass is 16.2. The van der Waals surface area contributed by atoms with Gasteiger partial charge in [0.25, 0.3) is 5.91 Å². The van der Waals surface area contributed by atoms with E-state index in [-0.39, 0.29) is 5.91 Å². The molecule has 5 nitrogen and oxygen atoms in total. The van der Waals surface area contributed by atoms with Crippen molar-refractivity contribution < 1.29 is 4.79 Å². The van der Waals surface area contributed by atoms with E-state index in [9.17, 15) is 4.79 Å². The molecule has 0 spiro atoms. The normalized spacial score (nSPS) is 10.4. The third-order valence-corrected chi connectivity index (χ3v) is 3.98. The van der Waals surface area contributed by atoms with Crippen LogP contribution in [0.5, 0.6) is 0 Å². The molecule has 0 saturated carbocycles. The zero-order valence-electron chi connectivity index (χ0n) is 15.2. The second-order valence-corrected chi connectivity index (χ2v) is 6.07. The minimum Gasteiger partial charge on any atom is -0.340 e. The minimum absolute atomic E-state index is 0.142. The molecule has 1 amide bonds. The van der Waals surface area contributed by atoms with E-state index in [1.807, 2.05) is 68.4 Å². The molecule has 0 atom stereocenters. The molecule has 0 aliphatic carbocycles. The van der Waals surface area contributed by atoms with Gasteiger partial charge in [0.1, 0.15) is 17.3 Å². The molecule has 2 aromatic carbocycles. The van der Waals surface area contributed by atoms with Gasteiger partial charge in [-0.15, -0.1) is 0 Å². The van der Waals surface area contributed by atoms with Crippen LogP contribution in [0.1, 0.15) is 28.8 Å². The second kappa shape index (κ2) is 7.78. The van der Waals surface area contributed by atoms with E-state index in [4.69, 9.17) is 0 Å². The number of aromatic nitrogens is 2. The number of hydrogen-bond acceptors (Lipinski definition) is 4. The van der Waals surface area contributed by atoms with Crippen molar-refractivity contribution in [2.24, 2.45) is 0 Å². The summed E-state index contributed by atoms with van der Waals surface area (Å²) in [5.74, 6) is 1.02. The van der Waals surface area contributed by atoms with Crippen molar-refractivity contribution in [1.82, 2.24) is 9.97 Å². The maximum Gasteiger partial charge on any atom is 0.277 e. The SMILES string of the molecule is CCN(C(=O)c1cc(Nc2cccc(C)c2)nc(C)n1)c1ccccc1. The number of amides is 1. The molecule has 0 radical (unpaired) electrons. The fourth-order valence-electron chi connectivity index (χ4n) is 2.80. The quantitative estimate of drug-likeness (QED) is 0.739. The first-order valence-electron chi connectivity index (χ1n) is 8.63. The maximum absolute atomic E-state index is 13.0. The van der Waals surface area contributed by atoms with Gasteiger partial charge in [-0.3, -0.25) is 4.79 Å². The predicted molar refractivity (Wildman–Crippen MR) is 105 cm³/mol. The number of carbonyl (C=O) groups excluding carboxylic acids is 1. The highest BCUT2D eigenvalue weighted by Gasteiger charge is 2.18. The van der Waals surface area contributed by atoms with Crippen LogP contribution >= 0.6 is 0 Å². The molecule has 3 rings (SSSR count). The van der Waals surface area contributed by atoms with Crippen LogP contribution in [-0.4, -0.2) is 22.4 Å². The molecule has 3 aromatic rings. The van der Waals surface area contributed by atoms with Gasteiger partial charge in [-0.05, 0) is 50.6 Å². The van der Waals surface area contributed by atoms with E-state index in [0.717, 1.165) is 16.9 Å². The lowest BCUT2D eigenvalue weighted by atomic mass is 10.2. The van der Waals surface area contributed by atoms with Gasteiger partial charge in [-0.2, -0.15) is 0 Å². The summed E-state index contributed by atoms with van der Waals surface area (Å²) in [7, 11) is 0. The van der Waals surface area contributed by atoms with Gasteiger partial charge in [0.2, 0.25) is 0 Å². The van der Waals surface area contributed by atoms with Crippen LogP contribution < -0.4 is 10.2 Å². The summed E-state index contributed by atoms with van der Waals surface area (Å²) in [5.41, 5.74) is 3.30. The maximum atomic E-state index is 13.0. The lowest BCUT2D eigenvalue weighted by Crippen LogP contribution is -2.31. The minimum atomic E-state index is -0.142. The Kier molecular flexibility index (Phi) is 5.27. The van der Waals surface area contributed by atoms with Gasteiger partial charge >= 0.3 is 0 Å². The Labute approximate surface area is 153 Å². The molecule has 1 aromatic heterocycles. The molecule has 1 N–H and O–H groups in total. The Balaban J connectivity index is 1.90. The average molecular weight is 346 g/mol. The summed E-state index contributed by atoms with van der Waals surface area (Å²) in [6, 6.07) is 19.3. The number of anilines is 3. The number of nitrogens with zero attached hydrogens (tertiary/aromatic N) is 3. The van der Waals surface area contributed by atoms with Crippen LogP contribution in [-0.2, 0) is 0 Å². The summed E-state index contributed by atoms with van der Waals surface area (Å²) in [6.45, 7) is 6.33. The van der Waals surface area contributed by atoms with Crippen LogP contribution in [0.15, 0.2) is 60.7 Å². The smallest absolute Gasteiger partial charge is 0.277 e. The Morgan fingerprint density at radius 2 is 1.77 bits per heavy atom. The Morgan fingerprint density at radius 3 is 2.46 bits per heavy atom. The summed E-state index contributed by atoms with van der Waals surface area (Å²) in [6.07, 6.45) is 0. The van der Waals surface area contributed by atoms with Gasteiger partial charge in [-0.25, -0.2) is 9.97 Å². The first kappa shape index (κ1) is 17.6. The average Bonchev–Trinajstić information content (AvgIpc) is 2.62. The summed E-state index contributed by atoms with van der Waals surface area (Å²) in [5, 5.41) is 3.26. The largest absolute Gasteiger partial charge is 0.340 e. The lowest BCUT2D eigenvalue weighted by Gasteiger charge is -2.21. The van der Waals surface area contributed by atoms with E-state index in [0.29, 0.717) is 23.9 Å². The molecule has 5 heteroatoms. The van der Waals surface area contributed by atoms with E-state index >= 15 is 0 Å². The predicted octanol–water partition coefficient (Wildman–Crippen LogP) is 4.50. The molecule has 132 valence electrons. The molecular formula is C21H22N4O. The highest BCUT2D eigenvalue weighted by Crippen LogP contribution is 2.20. The number of hydrogen-bond donors (Lipinski definition) is 1. The molecule has 0 aliphatic rings. The van der Waals surface area contributed by atoms with Crippen LogP contribution in [0.4, 0.5) is 17.2 Å². The van der Waals surface area contributed by atoms with Crippen LogP contribution in [0.3, 0.4) is 0 Å². The van der Waals surface area contributed by atoms with Crippen molar-refractivity contribution in [2.45, 2.75) is 20.8 Å². The molecule has 1 heterocycles. The molecule has 26 heavy (non-hydrogen) atoms. The van der Waals surface area contributed by atoms with Crippen molar-refractivity contribution >= 4 is 23.1 Å².